The Morgan fingerprint density at radius 1 is 0.625 bits per heavy atom. The van der Waals surface area contributed by atoms with Crippen LogP contribution in [-0.2, 0) is 4.79 Å². The second-order valence-electron chi connectivity index (χ2n) is 8.74. The summed E-state index contributed by atoms with van der Waals surface area (Å²) >= 11 is 0. The standard InChI is InChI=1S/C28H43F3O/c1-6-7-8-14-23(2)17-11-18-24(3)15-9-10-16-25(4)19-12-20-26(5)21-13-22-27(32)28(29,30)31/h6-7,15-17,20H,8-14,18-19,21-22H2,1-5H3/b7-6+,23-17+,24-15+,25-16+,26-20+. The molecule has 0 heterocycles. The first-order valence-corrected chi connectivity index (χ1v) is 11.9. The number of rotatable bonds is 16. The van der Waals surface area contributed by atoms with E-state index in [0.29, 0.717) is 6.42 Å². The maximum atomic E-state index is 12.2. The van der Waals surface area contributed by atoms with Crippen molar-refractivity contribution >= 4 is 5.78 Å². The predicted octanol–water partition coefficient (Wildman–Crippen LogP) is 9.77. The number of unbranched alkanes of at least 4 members (excludes halogenated alkanes) is 1. The molecule has 0 amide bonds. The van der Waals surface area contributed by atoms with Crippen molar-refractivity contribution in [1.82, 2.24) is 0 Å². The van der Waals surface area contributed by atoms with E-state index in [1.807, 2.05) is 6.92 Å². The monoisotopic (exact) mass is 452 g/mol. The molecule has 1 nitrogen and oxygen atoms in total. The molecule has 0 spiro atoms. The molecule has 0 radical (unpaired) electrons. The molecule has 0 aromatic carbocycles. The Hall–Kier alpha value is -1.84. The van der Waals surface area contributed by atoms with Crippen molar-refractivity contribution in [2.75, 3.05) is 0 Å². The van der Waals surface area contributed by atoms with Crippen LogP contribution < -0.4 is 0 Å². The van der Waals surface area contributed by atoms with Crippen molar-refractivity contribution < 1.29 is 18.0 Å². The van der Waals surface area contributed by atoms with Crippen LogP contribution in [0.3, 0.4) is 0 Å². The smallest absolute Gasteiger partial charge is 0.290 e. The van der Waals surface area contributed by atoms with E-state index in [4.69, 9.17) is 0 Å². The molecule has 0 rings (SSSR count). The van der Waals surface area contributed by atoms with E-state index >= 15 is 0 Å². The van der Waals surface area contributed by atoms with Gasteiger partial charge in [-0.1, -0.05) is 58.7 Å². The lowest BCUT2D eigenvalue weighted by molar-refractivity contribution is -0.171. The molecule has 0 aromatic heterocycles. The summed E-state index contributed by atoms with van der Waals surface area (Å²) in [6.45, 7) is 10.5. The van der Waals surface area contributed by atoms with Gasteiger partial charge in [0.15, 0.2) is 0 Å². The minimum Gasteiger partial charge on any atom is -0.290 e. The molecule has 4 heteroatoms. The van der Waals surface area contributed by atoms with Crippen LogP contribution in [0.1, 0.15) is 105 Å². The molecule has 0 aliphatic carbocycles. The van der Waals surface area contributed by atoms with E-state index in [-0.39, 0.29) is 6.42 Å². The largest absolute Gasteiger partial charge is 0.449 e. The number of ketones is 1. The van der Waals surface area contributed by atoms with E-state index in [0.717, 1.165) is 56.9 Å². The number of carbonyl (C=O) groups excluding carboxylic acids is 1. The lowest BCUT2D eigenvalue weighted by Gasteiger charge is -2.05. The zero-order valence-electron chi connectivity index (χ0n) is 20.8. The fourth-order valence-electron chi connectivity index (χ4n) is 3.31. The minimum absolute atomic E-state index is 0.257. The average Bonchev–Trinajstić information content (AvgIpc) is 2.70. The Labute approximate surface area is 194 Å². The molecular weight excluding hydrogens is 409 g/mol. The van der Waals surface area contributed by atoms with Gasteiger partial charge in [-0.3, -0.25) is 4.79 Å². The number of Topliss-reactive ketones (excluding diaryl/α,β-unsaturated/α-hetero) is 1. The van der Waals surface area contributed by atoms with Gasteiger partial charge in [-0.15, -0.1) is 0 Å². The molecule has 0 bridgehead atoms. The highest BCUT2D eigenvalue weighted by molar-refractivity contribution is 5.83. The molecule has 0 saturated carbocycles. The lowest BCUT2D eigenvalue weighted by atomic mass is 10.0. The lowest BCUT2D eigenvalue weighted by Crippen LogP contribution is -2.22. The molecular formula is C28H43F3O. The first-order chi connectivity index (χ1) is 15.1. The van der Waals surface area contributed by atoms with Gasteiger partial charge in [0, 0.05) is 6.42 Å². The highest BCUT2D eigenvalue weighted by atomic mass is 19.4. The molecule has 0 aliphatic rings. The normalized spacial score (nSPS) is 14.5. The van der Waals surface area contributed by atoms with E-state index in [2.05, 4.69) is 64.2 Å². The Morgan fingerprint density at radius 2 is 1.03 bits per heavy atom. The van der Waals surface area contributed by atoms with Crippen molar-refractivity contribution in [3.8, 4) is 0 Å². The second-order valence-corrected chi connectivity index (χ2v) is 8.74. The van der Waals surface area contributed by atoms with Crippen LogP contribution in [0.5, 0.6) is 0 Å². The molecule has 32 heavy (non-hydrogen) atoms. The molecule has 0 unspecified atom stereocenters. The number of carbonyl (C=O) groups is 1. The summed E-state index contributed by atoms with van der Waals surface area (Å²) in [6, 6.07) is 0. The van der Waals surface area contributed by atoms with E-state index in [1.54, 1.807) is 0 Å². The van der Waals surface area contributed by atoms with Gasteiger partial charge >= 0.3 is 6.18 Å². The third kappa shape index (κ3) is 17.8. The van der Waals surface area contributed by atoms with Crippen molar-refractivity contribution in [1.29, 1.82) is 0 Å². The Morgan fingerprint density at radius 3 is 1.47 bits per heavy atom. The van der Waals surface area contributed by atoms with Crippen LogP contribution in [0.25, 0.3) is 0 Å². The third-order valence-electron chi connectivity index (χ3n) is 5.45. The number of alkyl halides is 3. The summed E-state index contributed by atoms with van der Waals surface area (Å²) in [7, 11) is 0. The van der Waals surface area contributed by atoms with Gasteiger partial charge < -0.3 is 0 Å². The molecule has 182 valence electrons. The quantitative estimate of drug-likeness (QED) is 0.168. The summed E-state index contributed by atoms with van der Waals surface area (Å²) in [6.07, 6.45) is 17.4. The summed E-state index contributed by atoms with van der Waals surface area (Å²) in [5.74, 6) is -1.62. The van der Waals surface area contributed by atoms with Gasteiger partial charge in [0.1, 0.15) is 0 Å². The van der Waals surface area contributed by atoms with Crippen molar-refractivity contribution in [2.24, 2.45) is 0 Å². The minimum atomic E-state index is -4.70. The molecule has 0 N–H and O–H groups in total. The topological polar surface area (TPSA) is 17.1 Å². The SMILES string of the molecule is C/C=C/CC/C(C)=C/CC/C(C)=C/CC/C=C(\C)CC/C=C(\C)CCCC(=O)C(F)(F)F. The van der Waals surface area contributed by atoms with Crippen LogP contribution in [0.2, 0.25) is 0 Å². The number of hydrogen-bond acceptors (Lipinski definition) is 1. The summed E-state index contributed by atoms with van der Waals surface area (Å²) in [4.78, 5) is 10.9. The average molecular weight is 453 g/mol. The first-order valence-electron chi connectivity index (χ1n) is 11.9. The van der Waals surface area contributed by atoms with Crippen LogP contribution in [-0.4, -0.2) is 12.0 Å². The van der Waals surface area contributed by atoms with Crippen molar-refractivity contribution in [2.45, 2.75) is 111 Å². The number of allylic oxidation sites excluding steroid dienone is 10. The maximum Gasteiger partial charge on any atom is 0.449 e. The molecule has 0 fully saturated rings. The molecule has 0 atom stereocenters. The van der Waals surface area contributed by atoms with Crippen molar-refractivity contribution in [3.05, 3.63) is 58.7 Å². The fourth-order valence-corrected chi connectivity index (χ4v) is 3.31. The molecule has 0 aliphatic heterocycles. The predicted molar refractivity (Wildman–Crippen MR) is 132 cm³/mol. The van der Waals surface area contributed by atoms with Crippen LogP contribution in [0.4, 0.5) is 13.2 Å². The number of hydrogen-bond donors (Lipinski definition) is 0. The van der Waals surface area contributed by atoms with E-state index in [9.17, 15) is 18.0 Å². The van der Waals surface area contributed by atoms with Crippen molar-refractivity contribution in [3.63, 3.8) is 0 Å². The molecule has 0 aromatic rings. The van der Waals surface area contributed by atoms with Crippen LogP contribution in [0, 0.1) is 0 Å². The van der Waals surface area contributed by atoms with Gasteiger partial charge in [-0.05, 0) is 98.8 Å². The molecule has 0 saturated heterocycles. The van der Waals surface area contributed by atoms with Gasteiger partial charge in [0.2, 0.25) is 5.78 Å². The Bertz CT molecular complexity index is 688. The van der Waals surface area contributed by atoms with Crippen LogP contribution in [0.15, 0.2) is 58.7 Å². The van der Waals surface area contributed by atoms with Crippen LogP contribution >= 0.6 is 0 Å². The third-order valence-corrected chi connectivity index (χ3v) is 5.45. The zero-order valence-corrected chi connectivity index (χ0v) is 20.8. The first kappa shape index (κ1) is 30.2. The van der Waals surface area contributed by atoms with Gasteiger partial charge in [0.25, 0.3) is 0 Å². The van der Waals surface area contributed by atoms with E-state index < -0.39 is 18.4 Å². The maximum absolute atomic E-state index is 12.2. The number of halogens is 3. The summed E-state index contributed by atoms with van der Waals surface area (Å²) in [5, 5.41) is 0. The van der Waals surface area contributed by atoms with E-state index in [1.165, 1.54) is 16.7 Å². The zero-order chi connectivity index (χ0) is 24.4. The van der Waals surface area contributed by atoms with Gasteiger partial charge in [-0.25, -0.2) is 0 Å². The second kappa shape index (κ2) is 17.7. The Kier molecular flexibility index (Phi) is 16.7. The van der Waals surface area contributed by atoms with Gasteiger partial charge in [-0.2, -0.15) is 13.2 Å². The van der Waals surface area contributed by atoms with Gasteiger partial charge in [0.05, 0.1) is 0 Å². The highest BCUT2D eigenvalue weighted by Crippen LogP contribution is 2.20. The highest BCUT2D eigenvalue weighted by Gasteiger charge is 2.37. The summed E-state index contributed by atoms with van der Waals surface area (Å²) in [5.41, 5.74) is 5.30. The summed E-state index contributed by atoms with van der Waals surface area (Å²) < 4.78 is 36.6. The fraction of sp³-hybridized carbons (Fsp3) is 0.607. The Balaban J connectivity index is 4.07.